The molecule has 0 saturated carbocycles. The maximum Gasteiger partial charge on any atom is 0.315 e. The number of benzene rings is 1. The van der Waals surface area contributed by atoms with Gasteiger partial charge in [0, 0.05) is 31.2 Å². The van der Waals surface area contributed by atoms with Crippen molar-refractivity contribution in [3.63, 3.8) is 0 Å². The molecule has 0 spiro atoms. The van der Waals surface area contributed by atoms with E-state index in [1.807, 2.05) is 42.0 Å². The van der Waals surface area contributed by atoms with Gasteiger partial charge in [-0.1, -0.05) is 30.3 Å². The fourth-order valence-corrected chi connectivity index (χ4v) is 3.36. The Labute approximate surface area is 152 Å². The van der Waals surface area contributed by atoms with Crippen LogP contribution in [0.3, 0.4) is 0 Å². The summed E-state index contributed by atoms with van der Waals surface area (Å²) in [7, 11) is 0. The number of pyridine rings is 1. The Balaban J connectivity index is 1.29. The van der Waals surface area contributed by atoms with Crippen molar-refractivity contribution in [3.05, 3.63) is 77.5 Å². The van der Waals surface area contributed by atoms with Gasteiger partial charge in [0.15, 0.2) is 0 Å². The van der Waals surface area contributed by atoms with E-state index in [2.05, 4.69) is 32.7 Å². The van der Waals surface area contributed by atoms with E-state index in [0.717, 1.165) is 30.0 Å². The lowest BCUT2D eigenvalue weighted by molar-refractivity contribution is 0.237. The number of imidazole rings is 1. The molecule has 2 amide bonds. The Morgan fingerprint density at radius 3 is 2.54 bits per heavy atom. The summed E-state index contributed by atoms with van der Waals surface area (Å²) in [4.78, 5) is 20.8. The number of nitrogens with one attached hydrogen (secondary N) is 2. The fraction of sp³-hybridized carbons (Fsp3) is 0.250. The molecular formula is C20H21N5O. The van der Waals surface area contributed by atoms with Crippen LogP contribution in [0.1, 0.15) is 22.5 Å². The third kappa shape index (κ3) is 3.44. The second-order valence-electron chi connectivity index (χ2n) is 6.57. The van der Waals surface area contributed by atoms with Crippen LogP contribution in [0.4, 0.5) is 4.79 Å². The molecule has 0 atom stereocenters. The molecule has 3 aromatic rings. The summed E-state index contributed by atoms with van der Waals surface area (Å²) >= 11 is 0. The molecule has 1 aliphatic rings. The molecule has 2 heterocycles. The van der Waals surface area contributed by atoms with E-state index in [4.69, 9.17) is 0 Å². The Bertz CT molecular complexity index is 891. The van der Waals surface area contributed by atoms with Gasteiger partial charge in [0.05, 0.1) is 0 Å². The standard InChI is InChI=1S/C20H21N5O/c1-14-21-8-9-25(14)19-7-6-15(12-22-19)13-23-20(26)24-18-10-16-4-2-3-5-17(16)11-18/h2-9,12,18H,10-11,13H2,1H3,(H2,23,24,26). The maximum absolute atomic E-state index is 12.2. The summed E-state index contributed by atoms with van der Waals surface area (Å²) in [6, 6.07) is 12.3. The monoisotopic (exact) mass is 347 g/mol. The highest BCUT2D eigenvalue weighted by Crippen LogP contribution is 2.21. The zero-order chi connectivity index (χ0) is 17.9. The van der Waals surface area contributed by atoms with Gasteiger partial charge in [-0.2, -0.15) is 0 Å². The zero-order valence-electron chi connectivity index (χ0n) is 14.6. The van der Waals surface area contributed by atoms with Crippen molar-refractivity contribution >= 4 is 6.03 Å². The first-order valence-corrected chi connectivity index (χ1v) is 8.75. The minimum Gasteiger partial charge on any atom is -0.335 e. The molecular weight excluding hydrogens is 326 g/mol. The third-order valence-corrected chi connectivity index (χ3v) is 4.72. The van der Waals surface area contributed by atoms with E-state index in [0.29, 0.717) is 6.54 Å². The van der Waals surface area contributed by atoms with Gasteiger partial charge in [-0.25, -0.2) is 14.8 Å². The van der Waals surface area contributed by atoms with Gasteiger partial charge in [-0.3, -0.25) is 4.57 Å². The molecule has 1 aliphatic carbocycles. The molecule has 26 heavy (non-hydrogen) atoms. The Morgan fingerprint density at radius 2 is 1.92 bits per heavy atom. The lowest BCUT2D eigenvalue weighted by atomic mass is 10.1. The molecule has 6 heteroatoms. The second kappa shape index (κ2) is 7.00. The number of rotatable bonds is 4. The molecule has 132 valence electrons. The van der Waals surface area contributed by atoms with Crippen LogP contribution < -0.4 is 10.6 Å². The molecule has 0 bridgehead atoms. The SMILES string of the molecule is Cc1nccn1-c1ccc(CNC(=O)NC2Cc3ccccc3C2)cn1. The van der Waals surface area contributed by atoms with Crippen LogP contribution in [-0.4, -0.2) is 26.6 Å². The van der Waals surface area contributed by atoms with Crippen LogP contribution in [0, 0.1) is 6.92 Å². The van der Waals surface area contributed by atoms with Crippen LogP contribution in [0.2, 0.25) is 0 Å². The summed E-state index contributed by atoms with van der Waals surface area (Å²) < 4.78 is 1.92. The lowest BCUT2D eigenvalue weighted by Crippen LogP contribution is -2.42. The molecule has 6 nitrogen and oxygen atoms in total. The van der Waals surface area contributed by atoms with Crippen LogP contribution in [0.15, 0.2) is 55.0 Å². The van der Waals surface area contributed by atoms with Crippen molar-refractivity contribution < 1.29 is 4.79 Å². The third-order valence-electron chi connectivity index (χ3n) is 4.72. The molecule has 4 rings (SSSR count). The summed E-state index contributed by atoms with van der Waals surface area (Å²) in [6.07, 6.45) is 7.19. The highest BCUT2D eigenvalue weighted by molar-refractivity contribution is 5.74. The highest BCUT2D eigenvalue weighted by atomic mass is 16.2. The smallest absolute Gasteiger partial charge is 0.315 e. The van der Waals surface area contributed by atoms with E-state index in [-0.39, 0.29) is 12.1 Å². The Morgan fingerprint density at radius 1 is 1.15 bits per heavy atom. The van der Waals surface area contributed by atoms with E-state index in [1.165, 1.54) is 11.1 Å². The van der Waals surface area contributed by atoms with Crippen LogP contribution in [0.25, 0.3) is 5.82 Å². The average Bonchev–Trinajstić information content (AvgIpc) is 3.25. The zero-order valence-corrected chi connectivity index (χ0v) is 14.6. The molecule has 0 radical (unpaired) electrons. The maximum atomic E-state index is 12.2. The second-order valence-corrected chi connectivity index (χ2v) is 6.57. The van der Waals surface area contributed by atoms with Crippen molar-refractivity contribution in [2.45, 2.75) is 32.4 Å². The number of carbonyl (C=O) groups excluding carboxylic acids is 1. The number of amides is 2. The van der Waals surface area contributed by atoms with Crippen molar-refractivity contribution in [1.82, 2.24) is 25.2 Å². The van der Waals surface area contributed by atoms with E-state index in [9.17, 15) is 4.79 Å². The molecule has 0 aliphatic heterocycles. The first-order valence-electron chi connectivity index (χ1n) is 8.75. The van der Waals surface area contributed by atoms with Gasteiger partial charge in [0.1, 0.15) is 11.6 Å². The Kier molecular flexibility index (Phi) is 4.39. The lowest BCUT2D eigenvalue weighted by Gasteiger charge is -2.13. The first kappa shape index (κ1) is 16.3. The molecule has 0 fully saturated rings. The summed E-state index contributed by atoms with van der Waals surface area (Å²) in [5.74, 6) is 1.71. The topological polar surface area (TPSA) is 71.8 Å². The number of fused-ring (bicyclic) bond motifs is 1. The van der Waals surface area contributed by atoms with E-state index >= 15 is 0 Å². The average molecular weight is 347 g/mol. The predicted molar refractivity (Wildman–Crippen MR) is 99.1 cm³/mol. The van der Waals surface area contributed by atoms with Crippen LogP contribution in [-0.2, 0) is 19.4 Å². The number of nitrogens with zero attached hydrogens (tertiary/aromatic N) is 3. The largest absolute Gasteiger partial charge is 0.335 e. The molecule has 2 aromatic heterocycles. The number of aryl methyl sites for hydroxylation is 1. The first-order chi connectivity index (χ1) is 12.7. The van der Waals surface area contributed by atoms with Gasteiger partial charge in [-0.15, -0.1) is 0 Å². The predicted octanol–water partition coefficient (Wildman–Crippen LogP) is 2.54. The normalized spacial score (nSPS) is 13.4. The summed E-state index contributed by atoms with van der Waals surface area (Å²) in [5, 5.41) is 5.96. The van der Waals surface area contributed by atoms with Crippen LogP contribution in [0.5, 0.6) is 0 Å². The van der Waals surface area contributed by atoms with E-state index < -0.39 is 0 Å². The minimum atomic E-state index is -0.141. The van der Waals surface area contributed by atoms with Gasteiger partial charge >= 0.3 is 6.03 Å². The molecule has 0 unspecified atom stereocenters. The van der Waals surface area contributed by atoms with Gasteiger partial charge in [0.25, 0.3) is 0 Å². The Hall–Kier alpha value is -3.15. The molecule has 0 saturated heterocycles. The highest BCUT2D eigenvalue weighted by Gasteiger charge is 2.22. The van der Waals surface area contributed by atoms with Crippen molar-refractivity contribution in [1.29, 1.82) is 0 Å². The summed E-state index contributed by atoms with van der Waals surface area (Å²) in [5.41, 5.74) is 3.61. The van der Waals surface area contributed by atoms with Crippen molar-refractivity contribution in [2.24, 2.45) is 0 Å². The summed E-state index contributed by atoms with van der Waals surface area (Å²) in [6.45, 7) is 2.38. The van der Waals surface area contributed by atoms with E-state index in [1.54, 1.807) is 12.4 Å². The molecule has 1 aromatic carbocycles. The number of hydrogen-bond donors (Lipinski definition) is 2. The quantitative estimate of drug-likeness (QED) is 0.762. The number of aromatic nitrogens is 3. The van der Waals surface area contributed by atoms with Crippen LogP contribution >= 0.6 is 0 Å². The van der Waals surface area contributed by atoms with Gasteiger partial charge < -0.3 is 10.6 Å². The number of hydrogen-bond acceptors (Lipinski definition) is 3. The minimum absolute atomic E-state index is 0.141. The fourth-order valence-electron chi connectivity index (χ4n) is 3.36. The van der Waals surface area contributed by atoms with Gasteiger partial charge in [-0.05, 0) is 42.5 Å². The van der Waals surface area contributed by atoms with Crippen molar-refractivity contribution in [3.8, 4) is 5.82 Å². The number of urea groups is 1. The molecule has 2 N–H and O–H groups in total. The van der Waals surface area contributed by atoms with Gasteiger partial charge in [0.2, 0.25) is 0 Å². The van der Waals surface area contributed by atoms with Crippen molar-refractivity contribution in [2.75, 3.05) is 0 Å². The number of carbonyl (C=O) groups is 1.